The summed E-state index contributed by atoms with van der Waals surface area (Å²) in [5, 5.41) is 8.74. The second-order valence-corrected chi connectivity index (χ2v) is 4.10. The van der Waals surface area contributed by atoms with Crippen molar-refractivity contribution in [3.8, 4) is 11.4 Å². The van der Waals surface area contributed by atoms with Crippen molar-refractivity contribution in [2.45, 2.75) is 24.9 Å². The molecule has 0 radical (unpaired) electrons. The summed E-state index contributed by atoms with van der Waals surface area (Å²) >= 11 is 4.33. The maximum atomic E-state index is 5.13. The summed E-state index contributed by atoms with van der Waals surface area (Å²) < 4.78 is 7.09. The quantitative estimate of drug-likeness (QED) is 0.846. The molecule has 5 heteroatoms. The Hall–Kier alpha value is -1.49. The van der Waals surface area contributed by atoms with Gasteiger partial charge >= 0.3 is 0 Å². The number of thiol groups is 1. The summed E-state index contributed by atoms with van der Waals surface area (Å²) in [7, 11) is 1.65. The van der Waals surface area contributed by atoms with E-state index in [4.69, 9.17) is 4.74 Å². The number of hydrogen-bond donors (Lipinski definition) is 1. The topological polar surface area (TPSA) is 39.9 Å². The van der Waals surface area contributed by atoms with E-state index in [0.29, 0.717) is 5.16 Å². The predicted molar refractivity (Wildman–Crippen MR) is 69.2 cm³/mol. The van der Waals surface area contributed by atoms with Gasteiger partial charge in [-0.3, -0.25) is 4.57 Å². The Kier molecular flexibility index (Phi) is 3.68. The molecule has 0 saturated carbocycles. The average molecular weight is 249 g/mol. The lowest BCUT2D eigenvalue weighted by molar-refractivity contribution is 0.414. The van der Waals surface area contributed by atoms with E-state index in [1.54, 1.807) is 7.11 Å². The third-order valence-corrected chi connectivity index (χ3v) is 2.81. The summed E-state index contributed by atoms with van der Waals surface area (Å²) in [5.74, 6) is 1.77. The van der Waals surface area contributed by atoms with Crippen molar-refractivity contribution in [1.29, 1.82) is 0 Å². The highest BCUT2D eigenvalue weighted by atomic mass is 32.1. The van der Waals surface area contributed by atoms with Gasteiger partial charge in [0, 0.05) is 12.1 Å². The molecule has 0 aliphatic carbocycles. The highest BCUT2D eigenvalue weighted by Crippen LogP contribution is 2.19. The zero-order valence-electron chi connectivity index (χ0n) is 9.92. The summed E-state index contributed by atoms with van der Waals surface area (Å²) in [6.45, 7) is 2.12. The van der Waals surface area contributed by atoms with Gasteiger partial charge in [0.15, 0.2) is 5.16 Å². The third kappa shape index (κ3) is 2.44. The van der Waals surface area contributed by atoms with E-state index >= 15 is 0 Å². The van der Waals surface area contributed by atoms with Crippen LogP contribution in [0.1, 0.15) is 19.2 Å². The van der Waals surface area contributed by atoms with Crippen LogP contribution in [0.5, 0.6) is 5.75 Å². The molecule has 0 aliphatic rings. The smallest absolute Gasteiger partial charge is 0.192 e. The Morgan fingerprint density at radius 3 is 2.53 bits per heavy atom. The normalized spacial score (nSPS) is 10.5. The molecule has 2 rings (SSSR count). The van der Waals surface area contributed by atoms with Gasteiger partial charge in [0.1, 0.15) is 11.6 Å². The second kappa shape index (κ2) is 5.23. The fraction of sp³-hybridized carbons (Fsp3) is 0.333. The molecule has 90 valence electrons. The van der Waals surface area contributed by atoms with Crippen LogP contribution in [0.2, 0.25) is 0 Å². The van der Waals surface area contributed by atoms with Crippen LogP contribution in [0.25, 0.3) is 5.69 Å². The largest absolute Gasteiger partial charge is 0.497 e. The second-order valence-electron chi connectivity index (χ2n) is 3.70. The maximum Gasteiger partial charge on any atom is 0.192 e. The molecule has 0 bridgehead atoms. The average Bonchev–Trinajstić information content (AvgIpc) is 2.71. The zero-order valence-corrected chi connectivity index (χ0v) is 10.8. The minimum atomic E-state index is 0.610. The molecular weight excluding hydrogens is 234 g/mol. The van der Waals surface area contributed by atoms with E-state index in [0.717, 1.165) is 30.1 Å². The van der Waals surface area contributed by atoms with Crippen molar-refractivity contribution in [1.82, 2.24) is 14.8 Å². The number of methoxy groups -OCH3 is 1. The number of rotatable bonds is 4. The van der Waals surface area contributed by atoms with Gasteiger partial charge < -0.3 is 4.74 Å². The highest BCUT2D eigenvalue weighted by molar-refractivity contribution is 7.80. The molecular formula is C12H15N3OS. The Labute approximate surface area is 106 Å². The monoisotopic (exact) mass is 249 g/mol. The Balaban J connectivity index is 2.40. The predicted octanol–water partition coefficient (Wildman–Crippen LogP) is 2.52. The molecule has 0 fully saturated rings. The lowest BCUT2D eigenvalue weighted by Crippen LogP contribution is -2.01. The number of aromatic nitrogens is 3. The minimum Gasteiger partial charge on any atom is -0.497 e. The van der Waals surface area contributed by atoms with Crippen molar-refractivity contribution >= 4 is 12.6 Å². The molecule has 17 heavy (non-hydrogen) atoms. The van der Waals surface area contributed by atoms with Crippen LogP contribution in [-0.4, -0.2) is 21.9 Å². The van der Waals surface area contributed by atoms with Gasteiger partial charge in [0.2, 0.25) is 0 Å². The van der Waals surface area contributed by atoms with Gasteiger partial charge in [-0.15, -0.1) is 22.8 Å². The van der Waals surface area contributed by atoms with Crippen LogP contribution < -0.4 is 4.74 Å². The van der Waals surface area contributed by atoms with Crippen LogP contribution >= 0.6 is 12.6 Å². The van der Waals surface area contributed by atoms with Gasteiger partial charge in [0.25, 0.3) is 0 Å². The first-order valence-electron chi connectivity index (χ1n) is 5.54. The van der Waals surface area contributed by atoms with Gasteiger partial charge in [0.05, 0.1) is 7.11 Å². The molecule has 0 saturated heterocycles. The molecule has 1 heterocycles. The Morgan fingerprint density at radius 2 is 1.94 bits per heavy atom. The number of nitrogens with zero attached hydrogens (tertiary/aromatic N) is 3. The zero-order chi connectivity index (χ0) is 12.3. The Bertz CT molecular complexity index is 493. The lowest BCUT2D eigenvalue weighted by atomic mass is 10.2. The molecule has 0 amide bonds. The van der Waals surface area contributed by atoms with Gasteiger partial charge in [-0.05, 0) is 30.7 Å². The maximum absolute atomic E-state index is 5.13. The van der Waals surface area contributed by atoms with Crippen molar-refractivity contribution in [3.05, 3.63) is 30.1 Å². The number of benzene rings is 1. The fourth-order valence-corrected chi connectivity index (χ4v) is 1.96. The van der Waals surface area contributed by atoms with Gasteiger partial charge in [-0.25, -0.2) is 0 Å². The number of hydrogen-bond acceptors (Lipinski definition) is 4. The minimum absolute atomic E-state index is 0.610. The van der Waals surface area contributed by atoms with Crippen LogP contribution in [0.4, 0.5) is 0 Å². The van der Waals surface area contributed by atoms with Crippen molar-refractivity contribution in [2.24, 2.45) is 0 Å². The molecule has 0 N–H and O–H groups in total. The first kappa shape index (κ1) is 12.0. The van der Waals surface area contributed by atoms with Gasteiger partial charge in [-0.2, -0.15) is 0 Å². The lowest BCUT2D eigenvalue weighted by Gasteiger charge is -2.08. The molecule has 1 aromatic heterocycles. The summed E-state index contributed by atoms with van der Waals surface area (Å²) in [6, 6.07) is 7.78. The van der Waals surface area contributed by atoms with Gasteiger partial charge in [-0.1, -0.05) is 6.92 Å². The van der Waals surface area contributed by atoms with E-state index in [1.807, 2.05) is 28.8 Å². The summed E-state index contributed by atoms with van der Waals surface area (Å²) in [6.07, 6.45) is 1.92. The number of ether oxygens (including phenoxy) is 1. The molecule has 0 spiro atoms. The van der Waals surface area contributed by atoms with E-state index < -0.39 is 0 Å². The number of aryl methyl sites for hydroxylation is 1. The van der Waals surface area contributed by atoms with Crippen molar-refractivity contribution in [2.75, 3.05) is 7.11 Å². The van der Waals surface area contributed by atoms with E-state index in [2.05, 4.69) is 29.7 Å². The molecule has 2 aromatic rings. The third-order valence-electron chi connectivity index (χ3n) is 2.52. The standard InChI is InChI=1S/C12H15N3OS/c1-3-4-11-13-14-12(17)15(11)9-5-7-10(16-2)8-6-9/h5-8H,3-4H2,1-2H3,(H,14,17). The highest BCUT2D eigenvalue weighted by Gasteiger charge is 2.10. The van der Waals surface area contributed by atoms with Crippen LogP contribution in [0, 0.1) is 0 Å². The van der Waals surface area contributed by atoms with Crippen molar-refractivity contribution < 1.29 is 4.74 Å². The van der Waals surface area contributed by atoms with E-state index in [9.17, 15) is 0 Å². The molecule has 0 unspecified atom stereocenters. The first-order valence-corrected chi connectivity index (χ1v) is 5.98. The molecule has 0 atom stereocenters. The fourth-order valence-electron chi connectivity index (χ4n) is 1.69. The first-order chi connectivity index (χ1) is 8.26. The molecule has 1 aromatic carbocycles. The Morgan fingerprint density at radius 1 is 1.24 bits per heavy atom. The van der Waals surface area contributed by atoms with E-state index in [-0.39, 0.29) is 0 Å². The summed E-state index contributed by atoms with van der Waals surface area (Å²) in [4.78, 5) is 0. The molecule has 4 nitrogen and oxygen atoms in total. The van der Waals surface area contributed by atoms with Crippen LogP contribution in [-0.2, 0) is 6.42 Å². The van der Waals surface area contributed by atoms with Crippen LogP contribution in [0.15, 0.2) is 29.4 Å². The van der Waals surface area contributed by atoms with E-state index in [1.165, 1.54) is 0 Å². The van der Waals surface area contributed by atoms with Crippen LogP contribution in [0.3, 0.4) is 0 Å². The van der Waals surface area contributed by atoms with Crippen molar-refractivity contribution in [3.63, 3.8) is 0 Å². The molecule has 0 aliphatic heterocycles. The SMILES string of the molecule is CCCc1nnc(S)n1-c1ccc(OC)cc1. The summed E-state index contributed by atoms with van der Waals surface area (Å²) in [5.41, 5.74) is 1.00.